The summed E-state index contributed by atoms with van der Waals surface area (Å²) in [5.74, 6) is 1.93. The van der Waals surface area contributed by atoms with Crippen LogP contribution in [0, 0.1) is 3.57 Å². The van der Waals surface area contributed by atoms with Crippen molar-refractivity contribution < 1.29 is 4.74 Å². The number of aromatic nitrogens is 2. The molecular weight excluding hydrogens is 387 g/mol. The molecule has 0 unspecified atom stereocenters. The molecule has 0 aliphatic heterocycles. The maximum Gasteiger partial charge on any atom is 0.146 e. The Morgan fingerprint density at radius 2 is 2.05 bits per heavy atom. The number of benzene rings is 2. The van der Waals surface area contributed by atoms with Gasteiger partial charge in [0.25, 0.3) is 0 Å². The molecule has 0 saturated heterocycles. The Morgan fingerprint density at radius 1 is 1.25 bits per heavy atom. The SMILES string of the molecule is COc1cccc2c1nc(CCl)n2-c1cccc(I)c1. The van der Waals surface area contributed by atoms with Gasteiger partial charge in [-0.3, -0.25) is 4.57 Å². The van der Waals surface area contributed by atoms with Crippen LogP contribution in [0.25, 0.3) is 16.7 Å². The predicted molar refractivity (Wildman–Crippen MR) is 89.9 cm³/mol. The minimum absolute atomic E-state index is 0.351. The second kappa shape index (κ2) is 5.61. The standard InChI is InChI=1S/C15H12ClIN2O/c1-20-13-7-3-6-12-15(13)18-14(9-16)19(12)11-5-2-4-10(17)8-11/h2-8H,9H2,1H3. The van der Waals surface area contributed by atoms with Crippen LogP contribution in [0.4, 0.5) is 0 Å². The van der Waals surface area contributed by atoms with Gasteiger partial charge in [-0.15, -0.1) is 11.6 Å². The minimum Gasteiger partial charge on any atom is -0.494 e. The van der Waals surface area contributed by atoms with Gasteiger partial charge in [0.15, 0.2) is 0 Å². The van der Waals surface area contributed by atoms with Crippen LogP contribution in [0.3, 0.4) is 0 Å². The lowest BCUT2D eigenvalue weighted by molar-refractivity contribution is 0.419. The first kappa shape index (κ1) is 13.7. The van der Waals surface area contributed by atoms with Crippen LogP contribution in [-0.2, 0) is 5.88 Å². The van der Waals surface area contributed by atoms with E-state index >= 15 is 0 Å². The fourth-order valence-corrected chi connectivity index (χ4v) is 2.99. The molecule has 1 heterocycles. The molecular formula is C15H12ClIN2O. The Kier molecular flexibility index (Phi) is 3.85. The predicted octanol–water partition coefficient (Wildman–Crippen LogP) is 4.38. The molecule has 1 aromatic heterocycles. The molecule has 102 valence electrons. The average Bonchev–Trinajstić information content (AvgIpc) is 2.85. The third-order valence-corrected chi connectivity index (χ3v) is 4.03. The summed E-state index contributed by atoms with van der Waals surface area (Å²) in [5, 5.41) is 0. The van der Waals surface area contributed by atoms with E-state index in [2.05, 4.69) is 50.3 Å². The Morgan fingerprint density at radius 3 is 2.75 bits per heavy atom. The summed E-state index contributed by atoms with van der Waals surface area (Å²) in [6, 6.07) is 14.2. The number of fused-ring (bicyclic) bond motifs is 1. The number of ether oxygens (including phenoxy) is 1. The Labute approximate surface area is 135 Å². The van der Waals surface area contributed by atoms with Gasteiger partial charge in [0.2, 0.25) is 0 Å². The van der Waals surface area contributed by atoms with Crippen molar-refractivity contribution in [3.05, 3.63) is 51.9 Å². The van der Waals surface area contributed by atoms with Gasteiger partial charge in [-0.2, -0.15) is 0 Å². The van der Waals surface area contributed by atoms with Crippen molar-refractivity contribution in [1.82, 2.24) is 9.55 Å². The van der Waals surface area contributed by atoms with Crippen LogP contribution in [0.5, 0.6) is 5.75 Å². The van der Waals surface area contributed by atoms with E-state index in [-0.39, 0.29) is 0 Å². The van der Waals surface area contributed by atoms with Gasteiger partial charge >= 0.3 is 0 Å². The second-order valence-electron chi connectivity index (χ2n) is 4.30. The number of rotatable bonds is 3. The number of imidazole rings is 1. The summed E-state index contributed by atoms with van der Waals surface area (Å²) in [7, 11) is 1.65. The van der Waals surface area contributed by atoms with Crippen molar-refractivity contribution in [1.29, 1.82) is 0 Å². The highest BCUT2D eigenvalue weighted by Gasteiger charge is 2.14. The van der Waals surface area contributed by atoms with E-state index in [9.17, 15) is 0 Å². The fraction of sp³-hybridized carbons (Fsp3) is 0.133. The molecule has 0 aliphatic rings. The van der Waals surface area contributed by atoms with Crippen LogP contribution >= 0.6 is 34.2 Å². The van der Waals surface area contributed by atoms with E-state index in [0.29, 0.717) is 5.88 Å². The van der Waals surface area contributed by atoms with Crippen LogP contribution in [0.1, 0.15) is 5.82 Å². The van der Waals surface area contributed by atoms with Crippen LogP contribution in [-0.4, -0.2) is 16.7 Å². The Hall–Kier alpha value is -1.27. The average molecular weight is 399 g/mol. The molecule has 0 fully saturated rings. The number of hydrogen-bond acceptors (Lipinski definition) is 2. The van der Waals surface area contributed by atoms with Gasteiger partial charge in [0, 0.05) is 9.26 Å². The highest BCUT2D eigenvalue weighted by atomic mass is 127. The lowest BCUT2D eigenvalue weighted by Gasteiger charge is -2.08. The molecule has 3 nitrogen and oxygen atoms in total. The number of methoxy groups -OCH3 is 1. The van der Waals surface area contributed by atoms with Crippen molar-refractivity contribution >= 4 is 45.2 Å². The maximum absolute atomic E-state index is 6.06. The molecule has 20 heavy (non-hydrogen) atoms. The first-order valence-electron chi connectivity index (χ1n) is 6.11. The highest BCUT2D eigenvalue weighted by Crippen LogP contribution is 2.29. The van der Waals surface area contributed by atoms with E-state index in [4.69, 9.17) is 16.3 Å². The van der Waals surface area contributed by atoms with E-state index in [1.54, 1.807) is 7.11 Å². The van der Waals surface area contributed by atoms with E-state index in [1.807, 2.05) is 24.3 Å². The Balaban J connectivity index is 2.34. The van der Waals surface area contributed by atoms with Crippen LogP contribution in [0.15, 0.2) is 42.5 Å². The van der Waals surface area contributed by atoms with Gasteiger partial charge < -0.3 is 4.74 Å². The van der Waals surface area contributed by atoms with Crippen LogP contribution < -0.4 is 4.74 Å². The lowest BCUT2D eigenvalue weighted by atomic mass is 10.2. The smallest absolute Gasteiger partial charge is 0.146 e. The lowest BCUT2D eigenvalue weighted by Crippen LogP contribution is -1.99. The molecule has 2 aromatic carbocycles. The van der Waals surface area contributed by atoms with Crippen molar-refractivity contribution in [3.8, 4) is 11.4 Å². The Bertz CT molecular complexity index is 770. The molecule has 3 rings (SSSR count). The summed E-state index contributed by atoms with van der Waals surface area (Å²) >= 11 is 8.36. The normalized spacial score (nSPS) is 10.9. The first-order valence-corrected chi connectivity index (χ1v) is 7.72. The highest BCUT2D eigenvalue weighted by molar-refractivity contribution is 14.1. The van der Waals surface area contributed by atoms with Crippen LogP contribution in [0.2, 0.25) is 0 Å². The summed E-state index contributed by atoms with van der Waals surface area (Å²) in [6.45, 7) is 0. The molecule has 0 atom stereocenters. The number of nitrogens with zero attached hydrogens (tertiary/aromatic N) is 2. The molecule has 0 amide bonds. The number of para-hydroxylation sites is 1. The third-order valence-electron chi connectivity index (χ3n) is 3.12. The summed E-state index contributed by atoms with van der Waals surface area (Å²) in [6.07, 6.45) is 0. The minimum atomic E-state index is 0.351. The summed E-state index contributed by atoms with van der Waals surface area (Å²) < 4.78 is 8.63. The zero-order valence-corrected chi connectivity index (χ0v) is 13.7. The second-order valence-corrected chi connectivity index (χ2v) is 5.82. The summed E-state index contributed by atoms with van der Waals surface area (Å²) in [5.41, 5.74) is 2.90. The number of alkyl halides is 1. The van der Waals surface area contributed by atoms with E-state index in [0.717, 1.165) is 28.3 Å². The van der Waals surface area contributed by atoms with Crippen molar-refractivity contribution in [2.24, 2.45) is 0 Å². The van der Waals surface area contributed by atoms with Crippen molar-refractivity contribution in [3.63, 3.8) is 0 Å². The quantitative estimate of drug-likeness (QED) is 0.484. The van der Waals surface area contributed by atoms with E-state index < -0.39 is 0 Å². The zero-order chi connectivity index (χ0) is 14.1. The largest absolute Gasteiger partial charge is 0.494 e. The summed E-state index contributed by atoms with van der Waals surface area (Å²) in [4.78, 5) is 4.61. The van der Waals surface area contributed by atoms with E-state index in [1.165, 1.54) is 3.57 Å². The molecule has 0 N–H and O–H groups in total. The zero-order valence-electron chi connectivity index (χ0n) is 10.8. The number of hydrogen-bond donors (Lipinski definition) is 0. The fourth-order valence-electron chi connectivity index (χ4n) is 2.28. The van der Waals surface area contributed by atoms with Gasteiger partial charge in [0.05, 0.1) is 18.5 Å². The van der Waals surface area contributed by atoms with Gasteiger partial charge in [-0.1, -0.05) is 12.1 Å². The van der Waals surface area contributed by atoms with Gasteiger partial charge in [0.1, 0.15) is 17.1 Å². The third kappa shape index (κ3) is 2.27. The van der Waals surface area contributed by atoms with Crippen molar-refractivity contribution in [2.75, 3.05) is 7.11 Å². The van der Waals surface area contributed by atoms with Gasteiger partial charge in [-0.05, 0) is 52.9 Å². The topological polar surface area (TPSA) is 27.1 Å². The number of halogens is 2. The molecule has 0 bridgehead atoms. The van der Waals surface area contributed by atoms with Gasteiger partial charge in [-0.25, -0.2) is 4.98 Å². The first-order chi connectivity index (χ1) is 9.74. The molecule has 3 aromatic rings. The molecule has 0 saturated carbocycles. The monoisotopic (exact) mass is 398 g/mol. The molecule has 0 spiro atoms. The molecule has 5 heteroatoms. The maximum atomic E-state index is 6.06. The molecule has 0 radical (unpaired) electrons. The molecule has 0 aliphatic carbocycles. The van der Waals surface area contributed by atoms with Crippen molar-refractivity contribution in [2.45, 2.75) is 5.88 Å².